The van der Waals surface area contributed by atoms with E-state index in [-0.39, 0.29) is 23.7 Å². The Bertz CT molecular complexity index is 1080. The molecule has 1 atom stereocenters. The van der Waals surface area contributed by atoms with Gasteiger partial charge in [0.2, 0.25) is 5.91 Å². The molecule has 0 bridgehead atoms. The number of para-hydroxylation sites is 2. The summed E-state index contributed by atoms with van der Waals surface area (Å²) in [6, 6.07) is 11.9. The topological polar surface area (TPSA) is 75.4 Å². The van der Waals surface area contributed by atoms with Gasteiger partial charge in [-0.05, 0) is 41.7 Å². The Hall–Kier alpha value is -2.34. The Kier molecular flexibility index (Phi) is 5.39. The van der Waals surface area contributed by atoms with E-state index in [1.165, 1.54) is 0 Å². The number of allylic oxidation sites excluding steroid dienone is 1. The second-order valence-corrected chi connectivity index (χ2v) is 9.36. The smallest absolute Gasteiger partial charge is 0.241 e. The molecule has 0 spiro atoms. The minimum absolute atomic E-state index is 0.00704. The zero-order valence-electron chi connectivity index (χ0n) is 16.8. The number of nitrogens with one attached hydrogen (secondary N) is 1. The largest absolute Gasteiger partial charge is 0.357 e. The quantitative estimate of drug-likeness (QED) is 0.676. The third-order valence-corrected chi connectivity index (χ3v) is 6.16. The lowest BCUT2D eigenvalue weighted by Gasteiger charge is -2.37. The van der Waals surface area contributed by atoms with Gasteiger partial charge in [0, 0.05) is 27.7 Å². The molecule has 5 nitrogen and oxygen atoms in total. The zero-order chi connectivity index (χ0) is 21.6. The molecule has 0 aromatic heterocycles. The first-order valence-electron chi connectivity index (χ1n) is 9.81. The van der Waals surface area contributed by atoms with E-state index in [1.54, 1.807) is 23.1 Å². The second-order valence-electron chi connectivity index (χ2n) is 8.51. The monoisotopic (exact) mass is 443 g/mol. The van der Waals surface area contributed by atoms with Crippen molar-refractivity contribution in [2.24, 2.45) is 11.1 Å². The standard InChI is InChI=1S/C23H23Cl2N3O2/c1-23(2)10-17-21(19(29)11-23)22(14-8-7-13(24)9-15(14)25)28(20(30)12-26)18-6-4-3-5-16(18)27-17/h3-9,22,27H,10-12,26H2,1-2H3. The van der Waals surface area contributed by atoms with Gasteiger partial charge in [-0.3, -0.25) is 14.5 Å². The third-order valence-electron chi connectivity index (χ3n) is 5.60. The van der Waals surface area contributed by atoms with Gasteiger partial charge in [0.15, 0.2) is 5.78 Å². The molecule has 4 rings (SSSR count). The van der Waals surface area contributed by atoms with Crippen LogP contribution in [0, 0.1) is 5.41 Å². The molecule has 1 unspecified atom stereocenters. The summed E-state index contributed by atoms with van der Waals surface area (Å²) in [5.41, 5.74) is 9.01. The summed E-state index contributed by atoms with van der Waals surface area (Å²) in [4.78, 5) is 28.1. The van der Waals surface area contributed by atoms with Gasteiger partial charge in [-0.15, -0.1) is 0 Å². The van der Waals surface area contributed by atoms with Crippen LogP contribution in [-0.2, 0) is 9.59 Å². The maximum Gasteiger partial charge on any atom is 0.241 e. The molecule has 0 radical (unpaired) electrons. The van der Waals surface area contributed by atoms with Crippen molar-refractivity contribution in [3.8, 4) is 0 Å². The van der Waals surface area contributed by atoms with Crippen molar-refractivity contribution in [1.82, 2.24) is 0 Å². The molecule has 156 valence electrons. The SMILES string of the molecule is CC1(C)CC(=O)C2=C(C1)Nc1ccccc1N(C(=O)CN)C2c1ccc(Cl)cc1Cl. The summed E-state index contributed by atoms with van der Waals surface area (Å²) in [5.74, 6) is -0.306. The molecule has 1 aliphatic heterocycles. The highest BCUT2D eigenvalue weighted by molar-refractivity contribution is 6.35. The average Bonchev–Trinajstić information content (AvgIpc) is 2.80. The van der Waals surface area contributed by atoms with Gasteiger partial charge in [-0.2, -0.15) is 0 Å². The number of benzene rings is 2. The molecule has 1 amide bonds. The van der Waals surface area contributed by atoms with Gasteiger partial charge in [-0.25, -0.2) is 0 Å². The number of fused-ring (bicyclic) bond motifs is 1. The van der Waals surface area contributed by atoms with Gasteiger partial charge in [-0.1, -0.05) is 55.2 Å². The number of hydrogen-bond donors (Lipinski definition) is 2. The van der Waals surface area contributed by atoms with Crippen LogP contribution < -0.4 is 16.0 Å². The Morgan fingerprint density at radius 2 is 1.93 bits per heavy atom. The van der Waals surface area contributed by atoms with Gasteiger partial charge < -0.3 is 11.1 Å². The number of Topliss-reactive ketones (excluding diaryl/α,β-unsaturated/α-hetero) is 1. The fraction of sp³-hybridized carbons (Fsp3) is 0.304. The minimum atomic E-state index is -0.694. The highest BCUT2D eigenvalue weighted by Gasteiger charge is 2.43. The van der Waals surface area contributed by atoms with Crippen molar-refractivity contribution < 1.29 is 9.59 Å². The Morgan fingerprint density at radius 1 is 1.20 bits per heavy atom. The summed E-state index contributed by atoms with van der Waals surface area (Å²) in [6.45, 7) is 3.94. The molecule has 0 saturated heterocycles. The first-order chi connectivity index (χ1) is 14.2. The van der Waals surface area contributed by atoms with Crippen LogP contribution in [0.1, 0.15) is 38.3 Å². The lowest BCUT2D eigenvalue weighted by Crippen LogP contribution is -2.42. The normalized spacial score (nSPS) is 20.2. The first-order valence-corrected chi connectivity index (χ1v) is 10.6. The molecule has 2 aliphatic rings. The third kappa shape index (κ3) is 3.62. The number of anilines is 2. The molecule has 0 saturated carbocycles. The molecular formula is C23H23Cl2N3O2. The summed E-state index contributed by atoms with van der Waals surface area (Å²) in [7, 11) is 0. The van der Waals surface area contributed by atoms with E-state index >= 15 is 0 Å². The maximum atomic E-state index is 13.4. The fourth-order valence-corrected chi connectivity index (χ4v) is 4.89. The number of ketones is 1. The lowest BCUT2D eigenvalue weighted by atomic mass is 9.73. The Labute approximate surface area is 185 Å². The lowest BCUT2D eigenvalue weighted by molar-refractivity contribution is -0.118. The molecule has 3 N–H and O–H groups in total. The highest BCUT2D eigenvalue weighted by atomic mass is 35.5. The average molecular weight is 444 g/mol. The van der Waals surface area contributed by atoms with Gasteiger partial charge in [0.25, 0.3) is 0 Å². The Balaban J connectivity index is 2.04. The summed E-state index contributed by atoms with van der Waals surface area (Å²) in [5, 5.41) is 4.32. The van der Waals surface area contributed by atoms with E-state index < -0.39 is 6.04 Å². The zero-order valence-corrected chi connectivity index (χ0v) is 18.3. The number of nitrogens with two attached hydrogens (primary N) is 1. The van der Waals surface area contributed by atoms with Crippen LogP contribution in [0.3, 0.4) is 0 Å². The molecule has 2 aromatic carbocycles. The van der Waals surface area contributed by atoms with Gasteiger partial charge >= 0.3 is 0 Å². The molecular weight excluding hydrogens is 421 g/mol. The summed E-state index contributed by atoms with van der Waals surface area (Å²) < 4.78 is 0. The number of carbonyl (C=O) groups excluding carboxylic acids is 2. The first kappa shape index (κ1) is 20.9. The number of halogens is 2. The Morgan fingerprint density at radius 3 is 2.63 bits per heavy atom. The van der Waals surface area contributed by atoms with Crippen molar-refractivity contribution in [1.29, 1.82) is 0 Å². The number of carbonyl (C=O) groups is 2. The molecule has 30 heavy (non-hydrogen) atoms. The van der Waals surface area contributed by atoms with Crippen molar-refractivity contribution in [2.45, 2.75) is 32.7 Å². The number of amides is 1. The molecule has 0 fully saturated rings. The van der Waals surface area contributed by atoms with E-state index in [9.17, 15) is 9.59 Å². The summed E-state index contributed by atoms with van der Waals surface area (Å²) >= 11 is 12.7. The maximum absolute atomic E-state index is 13.4. The van der Waals surface area contributed by atoms with Gasteiger partial charge in [0.1, 0.15) is 0 Å². The molecule has 1 heterocycles. The predicted octanol–water partition coefficient (Wildman–Crippen LogP) is 5.10. The number of rotatable bonds is 2. The summed E-state index contributed by atoms with van der Waals surface area (Å²) in [6.07, 6.45) is 1.06. The van der Waals surface area contributed by atoms with Crippen molar-refractivity contribution in [3.63, 3.8) is 0 Å². The van der Waals surface area contributed by atoms with Crippen molar-refractivity contribution >= 4 is 46.3 Å². The van der Waals surface area contributed by atoms with Crippen LogP contribution in [0.25, 0.3) is 0 Å². The molecule has 2 aromatic rings. The minimum Gasteiger partial charge on any atom is -0.357 e. The van der Waals surface area contributed by atoms with E-state index in [4.69, 9.17) is 28.9 Å². The highest BCUT2D eigenvalue weighted by Crippen LogP contribution is 2.49. The van der Waals surface area contributed by atoms with E-state index in [0.717, 1.165) is 11.4 Å². The van der Waals surface area contributed by atoms with Crippen LogP contribution in [0.15, 0.2) is 53.7 Å². The number of hydrogen-bond acceptors (Lipinski definition) is 4. The fourth-order valence-electron chi connectivity index (χ4n) is 4.38. The van der Waals surface area contributed by atoms with Crippen LogP contribution in [0.2, 0.25) is 10.0 Å². The van der Waals surface area contributed by atoms with E-state index in [0.29, 0.717) is 39.7 Å². The molecule has 1 aliphatic carbocycles. The van der Waals surface area contributed by atoms with Crippen LogP contribution in [0.5, 0.6) is 0 Å². The van der Waals surface area contributed by atoms with E-state index in [2.05, 4.69) is 19.2 Å². The van der Waals surface area contributed by atoms with Gasteiger partial charge in [0.05, 0.1) is 24.0 Å². The van der Waals surface area contributed by atoms with Crippen molar-refractivity contribution in [2.75, 3.05) is 16.8 Å². The van der Waals surface area contributed by atoms with Crippen LogP contribution >= 0.6 is 23.2 Å². The predicted molar refractivity (Wildman–Crippen MR) is 121 cm³/mol. The van der Waals surface area contributed by atoms with Crippen molar-refractivity contribution in [3.05, 3.63) is 69.3 Å². The van der Waals surface area contributed by atoms with Crippen LogP contribution in [0.4, 0.5) is 11.4 Å². The second kappa shape index (κ2) is 7.73. The van der Waals surface area contributed by atoms with Crippen LogP contribution in [-0.4, -0.2) is 18.2 Å². The number of nitrogens with zero attached hydrogens (tertiary/aromatic N) is 1. The van der Waals surface area contributed by atoms with E-state index in [1.807, 2.05) is 24.3 Å². The molecule has 7 heteroatoms.